The summed E-state index contributed by atoms with van der Waals surface area (Å²) in [5.74, 6) is 0.832. The molecule has 0 aromatic heterocycles. The minimum Gasteiger partial charge on any atom is -0.478 e. The van der Waals surface area contributed by atoms with Gasteiger partial charge in [0.1, 0.15) is 0 Å². The fourth-order valence-corrected chi connectivity index (χ4v) is 3.30. The highest BCUT2D eigenvalue weighted by atomic mass is 16.4. The van der Waals surface area contributed by atoms with Gasteiger partial charge in [0.2, 0.25) is 0 Å². The van der Waals surface area contributed by atoms with E-state index in [0.29, 0.717) is 11.0 Å². The first-order valence-electron chi connectivity index (χ1n) is 6.52. The molecule has 1 saturated carbocycles. The van der Waals surface area contributed by atoms with E-state index in [1.807, 2.05) is 6.08 Å². The lowest BCUT2D eigenvalue weighted by Crippen LogP contribution is -2.47. The second-order valence-electron chi connectivity index (χ2n) is 6.05. The Labute approximate surface area is 103 Å². The van der Waals surface area contributed by atoms with Crippen molar-refractivity contribution in [1.82, 2.24) is 0 Å². The summed E-state index contributed by atoms with van der Waals surface area (Å²) in [6.07, 6.45) is 8.71. The van der Waals surface area contributed by atoms with Crippen LogP contribution >= 0.6 is 0 Å². The zero-order chi connectivity index (χ0) is 12.6. The van der Waals surface area contributed by atoms with Gasteiger partial charge in [-0.15, -0.1) is 0 Å². The van der Waals surface area contributed by atoms with Gasteiger partial charge in [0.25, 0.3) is 0 Å². The molecule has 94 valence electrons. The van der Waals surface area contributed by atoms with Crippen LogP contribution in [-0.2, 0) is 4.79 Å². The van der Waals surface area contributed by atoms with E-state index < -0.39 is 5.97 Å². The molecule has 2 atom stereocenters. The lowest BCUT2D eigenvalue weighted by Gasteiger charge is -2.56. The molecule has 0 saturated heterocycles. The molecule has 0 aromatic rings. The minimum absolute atomic E-state index is 0.465. The van der Waals surface area contributed by atoms with Crippen molar-refractivity contribution >= 4 is 5.97 Å². The fraction of sp³-hybridized carbons (Fsp3) is 0.667. The van der Waals surface area contributed by atoms with Crippen molar-refractivity contribution in [3.8, 4) is 0 Å². The predicted molar refractivity (Wildman–Crippen MR) is 68.7 cm³/mol. The van der Waals surface area contributed by atoms with Gasteiger partial charge in [0.05, 0.1) is 0 Å². The highest BCUT2D eigenvalue weighted by molar-refractivity contribution is 5.85. The number of hydrogen-bond donors (Lipinski definition) is 1. The Morgan fingerprint density at radius 3 is 2.82 bits per heavy atom. The average Bonchev–Trinajstić information content (AvgIpc) is 2.28. The van der Waals surface area contributed by atoms with Crippen LogP contribution in [0, 0.1) is 17.3 Å². The molecule has 3 rings (SSSR count). The first kappa shape index (κ1) is 12.4. The van der Waals surface area contributed by atoms with Crippen molar-refractivity contribution in [3.05, 3.63) is 23.3 Å². The van der Waals surface area contributed by atoms with Gasteiger partial charge in [0.15, 0.2) is 0 Å². The summed E-state index contributed by atoms with van der Waals surface area (Å²) in [6.45, 7) is 6.41. The molecule has 0 heterocycles. The highest BCUT2D eigenvalue weighted by Gasteiger charge is 2.50. The van der Waals surface area contributed by atoms with E-state index in [2.05, 4.69) is 19.9 Å². The molecule has 2 nitrogen and oxygen atoms in total. The lowest BCUT2D eigenvalue weighted by atomic mass is 9.48. The van der Waals surface area contributed by atoms with E-state index in [1.54, 1.807) is 12.5 Å². The van der Waals surface area contributed by atoms with Crippen LogP contribution in [0.4, 0.5) is 0 Å². The maximum atomic E-state index is 10.7. The Morgan fingerprint density at radius 2 is 2.29 bits per heavy atom. The molecule has 2 unspecified atom stereocenters. The van der Waals surface area contributed by atoms with Gasteiger partial charge in [0, 0.05) is 5.57 Å². The maximum absolute atomic E-state index is 10.7. The van der Waals surface area contributed by atoms with Crippen molar-refractivity contribution < 1.29 is 9.90 Å². The molecule has 1 fully saturated rings. The fourth-order valence-electron chi connectivity index (χ4n) is 3.30. The number of aliphatic carboxylic acids is 1. The number of carboxylic acid groups (broad SMARTS) is 1. The van der Waals surface area contributed by atoms with Gasteiger partial charge < -0.3 is 5.11 Å². The summed E-state index contributed by atoms with van der Waals surface area (Å²) in [5, 5.41) is 8.78. The van der Waals surface area contributed by atoms with Crippen LogP contribution < -0.4 is 0 Å². The van der Waals surface area contributed by atoms with Gasteiger partial charge in [-0.2, -0.15) is 0 Å². The molecule has 17 heavy (non-hydrogen) atoms. The van der Waals surface area contributed by atoms with Crippen LogP contribution in [0.15, 0.2) is 23.3 Å². The Hall–Kier alpha value is -1.05. The van der Waals surface area contributed by atoms with Crippen molar-refractivity contribution in [2.75, 3.05) is 0 Å². The van der Waals surface area contributed by atoms with Crippen LogP contribution in [0.1, 0.15) is 46.5 Å². The van der Waals surface area contributed by atoms with E-state index in [4.69, 9.17) is 5.11 Å². The van der Waals surface area contributed by atoms with Crippen LogP contribution in [0.3, 0.4) is 0 Å². The van der Waals surface area contributed by atoms with Crippen LogP contribution in [0.2, 0.25) is 0 Å². The molecule has 2 heteroatoms. The third kappa shape index (κ3) is 2.18. The van der Waals surface area contributed by atoms with Crippen LogP contribution in [0.5, 0.6) is 0 Å². The summed E-state index contributed by atoms with van der Waals surface area (Å²) in [5.41, 5.74) is 2.51. The second kappa shape index (κ2) is 4.32. The van der Waals surface area contributed by atoms with Gasteiger partial charge in [-0.1, -0.05) is 31.6 Å². The third-order valence-electron chi connectivity index (χ3n) is 4.80. The molecule has 3 aliphatic carbocycles. The monoisotopic (exact) mass is 234 g/mol. The summed E-state index contributed by atoms with van der Waals surface area (Å²) >= 11 is 0. The number of rotatable bonds is 4. The molecule has 0 spiro atoms. The number of hydrogen-bond acceptors (Lipinski definition) is 1. The second-order valence-corrected chi connectivity index (χ2v) is 6.05. The van der Waals surface area contributed by atoms with Gasteiger partial charge in [-0.3, -0.25) is 0 Å². The average molecular weight is 234 g/mol. The molecule has 0 amide bonds. The Kier molecular flexibility index (Phi) is 3.15. The number of carbonyl (C=O) groups is 1. The van der Waals surface area contributed by atoms with Crippen molar-refractivity contribution in [1.29, 1.82) is 0 Å². The summed E-state index contributed by atoms with van der Waals surface area (Å²) in [4.78, 5) is 10.7. The first-order chi connectivity index (χ1) is 7.93. The smallest absolute Gasteiger partial charge is 0.330 e. The van der Waals surface area contributed by atoms with E-state index in [9.17, 15) is 4.79 Å². The van der Waals surface area contributed by atoms with Gasteiger partial charge in [-0.05, 0) is 49.9 Å². The van der Waals surface area contributed by atoms with Gasteiger partial charge in [-0.25, -0.2) is 4.79 Å². The Morgan fingerprint density at radius 1 is 1.59 bits per heavy atom. The molecule has 0 radical (unpaired) electrons. The van der Waals surface area contributed by atoms with Crippen LogP contribution in [0.25, 0.3) is 0 Å². The predicted octanol–water partition coefficient (Wildman–Crippen LogP) is 3.79. The largest absolute Gasteiger partial charge is 0.478 e. The molecule has 3 aliphatic rings. The molecular weight excluding hydrogens is 212 g/mol. The lowest BCUT2D eigenvalue weighted by molar-refractivity contribution is -0.132. The number of carboxylic acids is 1. The normalized spacial score (nSPS) is 30.5. The van der Waals surface area contributed by atoms with E-state index in [0.717, 1.165) is 24.7 Å². The molecule has 0 aromatic carbocycles. The third-order valence-corrected chi connectivity index (χ3v) is 4.80. The molecule has 2 bridgehead atoms. The van der Waals surface area contributed by atoms with Crippen molar-refractivity contribution in [2.24, 2.45) is 17.3 Å². The maximum Gasteiger partial charge on any atom is 0.330 e. The van der Waals surface area contributed by atoms with E-state index in [1.165, 1.54) is 12.8 Å². The summed E-state index contributed by atoms with van der Waals surface area (Å²) < 4.78 is 0. The molecular formula is C15H22O2. The Bertz CT molecular complexity index is 388. The molecule has 0 aliphatic heterocycles. The zero-order valence-corrected chi connectivity index (χ0v) is 11.0. The van der Waals surface area contributed by atoms with E-state index in [-0.39, 0.29) is 0 Å². The summed E-state index contributed by atoms with van der Waals surface area (Å²) in [7, 11) is 0. The van der Waals surface area contributed by atoms with Gasteiger partial charge >= 0.3 is 5.97 Å². The first-order valence-corrected chi connectivity index (χ1v) is 6.52. The topological polar surface area (TPSA) is 37.3 Å². The molecule has 1 N–H and O–H groups in total. The SMILES string of the molecule is CC(=CCCC1=CCC2CC1C2(C)C)C(=O)O. The minimum atomic E-state index is -0.799. The Balaban J connectivity index is 1.91. The van der Waals surface area contributed by atoms with Crippen molar-refractivity contribution in [2.45, 2.75) is 46.5 Å². The number of allylic oxidation sites excluding steroid dienone is 3. The highest BCUT2D eigenvalue weighted by Crippen LogP contribution is 2.59. The standard InChI is InChI=1S/C15H22O2/c1-10(14(16)17)5-4-6-11-7-8-12-9-13(11)15(12,2)3/h5,7,12-13H,4,6,8-9H2,1-3H3,(H,16,17). The zero-order valence-electron chi connectivity index (χ0n) is 11.0. The van der Waals surface area contributed by atoms with E-state index >= 15 is 0 Å². The van der Waals surface area contributed by atoms with Crippen LogP contribution in [-0.4, -0.2) is 11.1 Å². The quantitative estimate of drug-likeness (QED) is 0.593. The van der Waals surface area contributed by atoms with Crippen molar-refractivity contribution in [3.63, 3.8) is 0 Å². The summed E-state index contributed by atoms with van der Waals surface area (Å²) in [6, 6.07) is 0. The number of fused-ring (bicyclic) bond motifs is 1.